The Hall–Kier alpha value is -2.37. The molecule has 27 heavy (non-hydrogen) atoms. The van der Waals surface area contributed by atoms with Crippen molar-refractivity contribution >= 4 is 17.7 Å². The van der Waals surface area contributed by atoms with Crippen molar-refractivity contribution in [1.82, 2.24) is 5.32 Å². The molecule has 2 bridgehead atoms. The van der Waals surface area contributed by atoms with Gasteiger partial charge in [-0.25, -0.2) is 0 Å². The molecule has 1 aromatic rings. The summed E-state index contributed by atoms with van der Waals surface area (Å²) in [5.74, 6) is 0.202. The molecule has 146 valence electrons. The molecular weight excluding hydrogens is 346 g/mol. The van der Waals surface area contributed by atoms with Crippen LogP contribution in [0.5, 0.6) is 5.75 Å². The van der Waals surface area contributed by atoms with Crippen LogP contribution in [-0.2, 0) is 25.5 Å². The van der Waals surface area contributed by atoms with Gasteiger partial charge < -0.3 is 14.8 Å². The topological polar surface area (TPSA) is 81.7 Å². The second kappa shape index (κ2) is 9.02. The number of benzene rings is 1. The van der Waals surface area contributed by atoms with Crippen molar-refractivity contribution in [3.63, 3.8) is 0 Å². The lowest BCUT2D eigenvalue weighted by molar-refractivity contribution is -0.156. The molecule has 1 N–H and O–H groups in total. The van der Waals surface area contributed by atoms with E-state index in [1.54, 1.807) is 7.11 Å². The molecule has 2 aliphatic carbocycles. The summed E-state index contributed by atoms with van der Waals surface area (Å²) in [6, 6.07) is 7.65. The minimum Gasteiger partial charge on any atom is -0.496 e. The van der Waals surface area contributed by atoms with Crippen LogP contribution in [0.15, 0.2) is 24.3 Å². The van der Waals surface area contributed by atoms with Crippen LogP contribution in [0.25, 0.3) is 0 Å². The Labute approximate surface area is 159 Å². The van der Waals surface area contributed by atoms with Crippen molar-refractivity contribution in [3.8, 4) is 5.75 Å². The number of para-hydroxylation sites is 1. The molecule has 0 spiro atoms. The smallest absolute Gasteiger partial charge is 0.309 e. The molecule has 1 aromatic carbocycles. The Bertz CT molecular complexity index is 686. The van der Waals surface area contributed by atoms with Crippen LogP contribution >= 0.6 is 0 Å². The molecule has 6 heteroatoms. The molecule has 0 heterocycles. The predicted octanol–water partition coefficient (Wildman–Crippen LogP) is 2.29. The zero-order valence-electron chi connectivity index (χ0n) is 15.7. The number of hydrogen-bond donors (Lipinski definition) is 1. The summed E-state index contributed by atoms with van der Waals surface area (Å²) in [5.41, 5.74) is 1.01. The summed E-state index contributed by atoms with van der Waals surface area (Å²) in [4.78, 5) is 36.3. The Balaban J connectivity index is 1.39. The fourth-order valence-electron chi connectivity index (χ4n) is 4.22. The first-order chi connectivity index (χ1) is 13.1. The number of methoxy groups -OCH3 is 1. The van der Waals surface area contributed by atoms with Crippen molar-refractivity contribution in [1.29, 1.82) is 0 Å². The van der Waals surface area contributed by atoms with Gasteiger partial charge in [0.2, 0.25) is 0 Å². The first-order valence-electron chi connectivity index (χ1n) is 9.67. The van der Waals surface area contributed by atoms with Crippen LogP contribution in [0.2, 0.25) is 0 Å². The number of ether oxygens (including phenoxy) is 2. The number of rotatable bonds is 7. The van der Waals surface area contributed by atoms with Crippen molar-refractivity contribution in [2.75, 3.05) is 20.3 Å². The van der Waals surface area contributed by atoms with Crippen molar-refractivity contribution in [3.05, 3.63) is 29.8 Å². The van der Waals surface area contributed by atoms with Crippen molar-refractivity contribution in [2.24, 2.45) is 17.8 Å². The Morgan fingerprint density at radius 2 is 1.85 bits per heavy atom. The predicted molar refractivity (Wildman–Crippen MR) is 99.2 cm³/mol. The van der Waals surface area contributed by atoms with E-state index in [2.05, 4.69) is 5.32 Å². The lowest BCUT2D eigenvalue weighted by Crippen LogP contribution is -2.40. The number of ketones is 1. The van der Waals surface area contributed by atoms with Gasteiger partial charge in [-0.15, -0.1) is 0 Å². The number of nitrogens with one attached hydrogen (secondary N) is 1. The first kappa shape index (κ1) is 19.4. The summed E-state index contributed by atoms with van der Waals surface area (Å²) < 4.78 is 10.5. The van der Waals surface area contributed by atoms with E-state index in [1.807, 2.05) is 24.3 Å². The van der Waals surface area contributed by atoms with E-state index < -0.39 is 0 Å². The number of hydrogen-bond acceptors (Lipinski definition) is 5. The zero-order chi connectivity index (χ0) is 19.2. The normalized spacial score (nSPS) is 24.2. The van der Waals surface area contributed by atoms with Crippen molar-refractivity contribution in [2.45, 2.75) is 38.5 Å². The van der Waals surface area contributed by atoms with Gasteiger partial charge in [0, 0.05) is 18.4 Å². The maximum absolute atomic E-state index is 12.3. The van der Waals surface area contributed by atoms with Crippen LogP contribution in [-0.4, -0.2) is 37.9 Å². The molecule has 1 amide bonds. The summed E-state index contributed by atoms with van der Waals surface area (Å²) >= 11 is 0. The highest BCUT2D eigenvalue weighted by atomic mass is 16.5. The second-order valence-corrected chi connectivity index (χ2v) is 7.41. The standard InChI is InChI=1S/C21H27NO5/c1-26-18-8-3-2-5-14(18)9-10-22-19(23)13-27-21(25)17-11-15-6-4-7-16(12-17)20(15)24/h2-3,5,8,15-17H,4,6-7,9-13H2,1H3,(H,22,23)/t15-,16-/m1/s1. The maximum Gasteiger partial charge on any atom is 0.309 e. The lowest BCUT2D eigenvalue weighted by atomic mass is 9.67. The van der Waals surface area contributed by atoms with Gasteiger partial charge in [-0.1, -0.05) is 24.6 Å². The van der Waals surface area contributed by atoms with Crippen LogP contribution < -0.4 is 10.1 Å². The van der Waals surface area contributed by atoms with Crippen molar-refractivity contribution < 1.29 is 23.9 Å². The number of fused-ring (bicyclic) bond motifs is 2. The quantitative estimate of drug-likeness (QED) is 0.742. The van der Waals surface area contributed by atoms with Crippen LogP contribution in [0.3, 0.4) is 0 Å². The minimum atomic E-state index is -0.348. The SMILES string of the molecule is COc1ccccc1CCNC(=O)COC(=O)C1C[C@H]2CCC[C@H](C1)C2=O. The van der Waals surface area contributed by atoms with E-state index in [9.17, 15) is 14.4 Å². The highest BCUT2D eigenvalue weighted by molar-refractivity contribution is 5.87. The molecular formula is C21H27NO5. The van der Waals surface area contributed by atoms with Crippen LogP contribution in [0, 0.1) is 17.8 Å². The second-order valence-electron chi connectivity index (χ2n) is 7.41. The van der Waals surface area contributed by atoms with Gasteiger partial charge in [-0.05, 0) is 43.7 Å². The van der Waals surface area contributed by atoms with E-state index >= 15 is 0 Å². The highest BCUT2D eigenvalue weighted by Crippen LogP contribution is 2.40. The molecule has 0 radical (unpaired) electrons. The molecule has 2 saturated carbocycles. The van der Waals surface area contributed by atoms with E-state index in [1.165, 1.54) is 0 Å². The van der Waals surface area contributed by atoms with Crippen LogP contribution in [0.1, 0.15) is 37.7 Å². The Morgan fingerprint density at radius 3 is 2.56 bits per heavy atom. The van der Waals surface area contributed by atoms with Gasteiger partial charge in [-0.2, -0.15) is 0 Å². The average molecular weight is 373 g/mol. The summed E-state index contributed by atoms with van der Waals surface area (Å²) in [7, 11) is 1.61. The number of carbonyl (C=O) groups is 3. The summed E-state index contributed by atoms with van der Waals surface area (Å²) in [6.45, 7) is 0.170. The van der Waals surface area contributed by atoms with E-state index in [0.29, 0.717) is 31.6 Å². The van der Waals surface area contributed by atoms with E-state index in [0.717, 1.165) is 30.6 Å². The first-order valence-corrected chi connectivity index (χ1v) is 9.67. The Morgan fingerprint density at radius 1 is 1.15 bits per heavy atom. The van der Waals surface area contributed by atoms with Gasteiger partial charge in [0.1, 0.15) is 11.5 Å². The summed E-state index contributed by atoms with van der Waals surface area (Å²) in [5, 5.41) is 2.76. The Kier molecular flexibility index (Phi) is 6.48. The minimum absolute atomic E-state index is 0.00438. The van der Waals surface area contributed by atoms with Gasteiger partial charge in [0.25, 0.3) is 5.91 Å². The average Bonchev–Trinajstić information content (AvgIpc) is 2.66. The maximum atomic E-state index is 12.3. The molecule has 2 fully saturated rings. The fraction of sp³-hybridized carbons (Fsp3) is 0.571. The molecule has 3 rings (SSSR count). The molecule has 0 aromatic heterocycles. The van der Waals surface area contributed by atoms with E-state index in [-0.39, 0.29) is 36.2 Å². The largest absolute Gasteiger partial charge is 0.496 e. The highest BCUT2D eigenvalue weighted by Gasteiger charge is 2.41. The van der Waals surface area contributed by atoms with Gasteiger partial charge in [0.05, 0.1) is 13.0 Å². The molecule has 0 aliphatic heterocycles. The van der Waals surface area contributed by atoms with E-state index in [4.69, 9.17) is 9.47 Å². The zero-order valence-corrected chi connectivity index (χ0v) is 15.7. The summed E-state index contributed by atoms with van der Waals surface area (Å²) in [6.07, 6.45) is 4.60. The number of carbonyl (C=O) groups excluding carboxylic acids is 3. The molecule has 0 saturated heterocycles. The molecule has 6 nitrogen and oxygen atoms in total. The van der Waals surface area contributed by atoms with Gasteiger partial charge in [-0.3, -0.25) is 14.4 Å². The number of amides is 1. The number of esters is 1. The van der Waals surface area contributed by atoms with Gasteiger partial charge in [0.15, 0.2) is 6.61 Å². The molecule has 0 unspecified atom stereocenters. The molecule has 2 aliphatic rings. The third-order valence-corrected chi connectivity index (χ3v) is 5.64. The van der Waals surface area contributed by atoms with Gasteiger partial charge >= 0.3 is 5.97 Å². The fourth-order valence-corrected chi connectivity index (χ4v) is 4.22. The molecule has 2 atom stereocenters. The monoisotopic (exact) mass is 373 g/mol. The third-order valence-electron chi connectivity index (χ3n) is 5.64. The third kappa shape index (κ3) is 4.87. The van der Waals surface area contributed by atoms with Crippen LogP contribution in [0.4, 0.5) is 0 Å². The number of Topliss-reactive ketones (excluding diaryl/α,β-unsaturated/α-hetero) is 1. The lowest BCUT2D eigenvalue weighted by Gasteiger charge is -2.36.